The van der Waals surface area contributed by atoms with Gasteiger partial charge in [-0.25, -0.2) is 0 Å². The van der Waals surface area contributed by atoms with Crippen LogP contribution in [0, 0.1) is 0 Å². The number of benzene rings is 3. The maximum atomic E-state index is 12.2. The van der Waals surface area contributed by atoms with Crippen LogP contribution in [0.4, 0.5) is 5.69 Å². The van der Waals surface area contributed by atoms with Gasteiger partial charge in [-0.05, 0) is 91.1 Å². The van der Waals surface area contributed by atoms with Crippen LogP contribution in [-0.4, -0.2) is 11.0 Å². The Morgan fingerprint density at radius 1 is 0.886 bits per heavy atom. The van der Waals surface area contributed by atoms with Crippen LogP contribution >= 0.6 is 47.0 Å². The third kappa shape index (κ3) is 6.87. The number of thiocarbonyl (C=S) groups is 1. The third-order valence-electron chi connectivity index (χ3n) is 4.64. The van der Waals surface area contributed by atoms with E-state index in [4.69, 9.17) is 56.2 Å². The second-order valence-corrected chi connectivity index (χ2v) is 8.79. The van der Waals surface area contributed by atoms with Gasteiger partial charge >= 0.3 is 0 Å². The summed E-state index contributed by atoms with van der Waals surface area (Å²) in [6.07, 6.45) is 2.85. The standard InChI is InChI=1S/C26H17Cl3N2O3S/c27-16-4-8-18(9-5-16)33-19-10-6-17(7-11-19)30-26(35)31-24(32)15-13-20-12-14-23(34-20)21-2-1-3-22(28)25(21)29/h1-15H,(H2,30,31,32,35). The molecule has 1 heterocycles. The first-order valence-electron chi connectivity index (χ1n) is 10.2. The highest BCUT2D eigenvalue weighted by atomic mass is 35.5. The molecule has 0 unspecified atom stereocenters. The van der Waals surface area contributed by atoms with Gasteiger partial charge < -0.3 is 14.5 Å². The van der Waals surface area contributed by atoms with E-state index in [0.29, 0.717) is 49.3 Å². The normalized spacial score (nSPS) is 10.8. The number of ether oxygens (including phenoxy) is 1. The molecular formula is C26H17Cl3N2O3S. The van der Waals surface area contributed by atoms with Gasteiger partial charge in [-0.3, -0.25) is 10.1 Å². The van der Waals surface area contributed by atoms with Crippen molar-refractivity contribution in [2.45, 2.75) is 0 Å². The van der Waals surface area contributed by atoms with Crippen molar-refractivity contribution in [2.75, 3.05) is 5.32 Å². The first-order valence-corrected chi connectivity index (χ1v) is 11.8. The summed E-state index contributed by atoms with van der Waals surface area (Å²) in [5.74, 6) is 1.92. The molecule has 176 valence electrons. The average molecular weight is 544 g/mol. The molecule has 5 nitrogen and oxygen atoms in total. The highest BCUT2D eigenvalue weighted by Crippen LogP contribution is 2.34. The predicted molar refractivity (Wildman–Crippen MR) is 146 cm³/mol. The Balaban J connectivity index is 1.29. The van der Waals surface area contributed by atoms with Gasteiger partial charge in [0.25, 0.3) is 0 Å². The topological polar surface area (TPSA) is 63.5 Å². The number of rotatable bonds is 6. The van der Waals surface area contributed by atoms with E-state index in [2.05, 4.69) is 10.6 Å². The molecule has 35 heavy (non-hydrogen) atoms. The molecule has 3 aromatic carbocycles. The molecule has 2 N–H and O–H groups in total. The van der Waals surface area contributed by atoms with Crippen LogP contribution in [0.25, 0.3) is 17.4 Å². The summed E-state index contributed by atoms with van der Waals surface area (Å²) in [5, 5.41) is 7.15. The number of carbonyl (C=O) groups excluding carboxylic acids is 1. The van der Waals surface area contributed by atoms with Crippen molar-refractivity contribution in [3.63, 3.8) is 0 Å². The summed E-state index contributed by atoms with van der Waals surface area (Å²) >= 11 is 23.4. The highest BCUT2D eigenvalue weighted by Gasteiger charge is 2.10. The maximum Gasteiger partial charge on any atom is 0.250 e. The summed E-state index contributed by atoms with van der Waals surface area (Å²) in [4.78, 5) is 12.2. The molecule has 0 bridgehead atoms. The molecule has 1 amide bonds. The quantitative estimate of drug-likeness (QED) is 0.189. The predicted octanol–water partition coefficient (Wildman–Crippen LogP) is 8.23. The molecule has 0 atom stereocenters. The van der Waals surface area contributed by atoms with Crippen molar-refractivity contribution in [2.24, 2.45) is 0 Å². The van der Waals surface area contributed by atoms with Gasteiger partial charge in [0.2, 0.25) is 5.91 Å². The fourth-order valence-electron chi connectivity index (χ4n) is 3.00. The van der Waals surface area contributed by atoms with Crippen LogP contribution in [0.15, 0.2) is 89.4 Å². The fraction of sp³-hybridized carbons (Fsp3) is 0. The summed E-state index contributed by atoms with van der Waals surface area (Å²) in [6, 6.07) is 22.9. The smallest absolute Gasteiger partial charge is 0.250 e. The lowest BCUT2D eigenvalue weighted by Crippen LogP contribution is -2.32. The summed E-state index contributed by atoms with van der Waals surface area (Å²) in [5.41, 5.74) is 1.36. The number of nitrogens with one attached hydrogen (secondary N) is 2. The number of amides is 1. The van der Waals surface area contributed by atoms with E-state index >= 15 is 0 Å². The largest absolute Gasteiger partial charge is 0.457 e. The lowest BCUT2D eigenvalue weighted by atomic mass is 10.2. The zero-order valence-corrected chi connectivity index (χ0v) is 21.0. The van der Waals surface area contributed by atoms with Crippen molar-refractivity contribution < 1.29 is 13.9 Å². The summed E-state index contributed by atoms with van der Waals surface area (Å²) in [6.45, 7) is 0. The lowest BCUT2D eigenvalue weighted by molar-refractivity contribution is -0.115. The van der Waals surface area contributed by atoms with Gasteiger partial charge in [0, 0.05) is 22.3 Å². The summed E-state index contributed by atoms with van der Waals surface area (Å²) in [7, 11) is 0. The summed E-state index contributed by atoms with van der Waals surface area (Å²) < 4.78 is 11.5. The number of halogens is 3. The minimum atomic E-state index is -0.413. The van der Waals surface area contributed by atoms with E-state index in [0.717, 1.165) is 0 Å². The Morgan fingerprint density at radius 2 is 1.57 bits per heavy atom. The fourth-order valence-corrected chi connectivity index (χ4v) is 3.74. The molecule has 4 aromatic rings. The second-order valence-electron chi connectivity index (χ2n) is 7.16. The SMILES string of the molecule is O=C(C=Cc1ccc(-c2cccc(Cl)c2Cl)o1)NC(=S)Nc1ccc(Oc2ccc(Cl)cc2)cc1. The Morgan fingerprint density at radius 3 is 2.29 bits per heavy atom. The Labute approximate surface area is 222 Å². The van der Waals surface area contributed by atoms with Gasteiger partial charge in [0.05, 0.1) is 10.0 Å². The van der Waals surface area contributed by atoms with Crippen molar-refractivity contribution in [1.29, 1.82) is 0 Å². The molecule has 0 fully saturated rings. The first kappa shape index (κ1) is 24.8. The molecule has 4 rings (SSSR count). The van der Waals surface area contributed by atoms with Gasteiger partial charge in [0.1, 0.15) is 23.0 Å². The number of hydrogen-bond donors (Lipinski definition) is 2. The molecule has 0 aliphatic rings. The van der Waals surface area contributed by atoms with E-state index < -0.39 is 5.91 Å². The number of furan rings is 1. The van der Waals surface area contributed by atoms with Crippen LogP contribution in [-0.2, 0) is 4.79 Å². The minimum Gasteiger partial charge on any atom is -0.457 e. The third-order valence-corrected chi connectivity index (χ3v) is 5.92. The molecule has 0 radical (unpaired) electrons. The van der Waals surface area contributed by atoms with Crippen LogP contribution in [0.1, 0.15) is 5.76 Å². The Kier molecular flexibility index (Phi) is 8.10. The van der Waals surface area contributed by atoms with Gasteiger partial charge in [0.15, 0.2) is 5.11 Å². The van der Waals surface area contributed by atoms with Gasteiger partial charge in [-0.1, -0.05) is 40.9 Å². The van der Waals surface area contributed by atoms with Gasteiger partial charge in [-0.2, -0.15) is 0 Å². The molecule has 0 saturated heterocycles. The van der Waals surface area contributed by atoms with Crippen LogP contribution in [0.5, 0.6) is 11.5 Å². The van der Waals surface area contributed by atoms with E-state index in [1.807, 2.05) is 0 Å². The zero-order valence-electron chi connectivity index (χ0n) is 17.9. The molecule has 0 aliphatic heterocycles. The zero-order chi connectivity index (χ0) is 24.8. The van der Waals surface area contributed by atoms with Crippen molar-refractivity contribution in [3.05, 3.63) is 106 Å². The minimum absolute atomic E-state index is 0.150. The number of carbonyl (C=O) groups is 1. The maximum absolute atomic E-state index is 12.2. The van der Waals surface area contributed by atoms with Gasteiger partial charge in [-0.15, -0.1) is 0 Å². The Hall–Kier alpha value is -3.29. The van der Waals surface area contributed by atoms with Crippen LogP contribution in [0.2, 0.25) is 15.1 Å². The van der Waals surface area contributed by atoms with Crippen molar-refractivity contribution in [3.8, 4) is 22.8 Å². The molecule has 1 aromatic heterocycles. The molecule has 0 aliphatic carbocycles. The van der Waals surface area contributed by atoms with E-state index in [1.54, 1.807) is 78.9 Å². The molecular weight excluding hydrogens is 527 g/mol. The molecule has 0 saturated carbocycles. The molecule has 0 spiro atoms. The second kappa shape index (κ2) is 11.4. The van der Waals surface area contributed by atoms with Crippen LogP contribution in [0.3, 0.4) is 0 Å². The number of anilines is 1. The van der Waals surface area contributed by atoms with Crippen molar-refractivity contribution >= 4 is 69.8 Å². The Bertz CT molecular complexity index is 1380. The molecule has 9 heteroatoms. The van der Waals surface area contributed by atoms with E-state index in [1.165, 1.54) is 12.2 Å². The van der Waals surface area contributed by atoms with Crippen molar-refractivity contribution in [1.82, 2.24) is 5.32 Å². The average Bonchev–Trinajstić information content (AvgIpc) is 3.31. The first-order chi connectivity index (χ1) is 16.9. The monoisotopic (exact) mass is 542 g/mol. The highest BCUT2D eigenvalue weighted by molar-refractivity contribution is 7.80. The lowest BCUT2D eigenvalue weighted by Gasteiger charge is -2.10. The number of hydrogen-bond acceptors (Lipinski definition) is 4. The van der Waals surface area contributed by atoms with E-state index in [9.17, 15) is 4.79 Å². The van der Waals surface area contributed by atoms with E-state index in [-0.39, 0.29) is 5.11 Å². The van der Waals surface area contributed by atoms with Crippen LogP contribution < -0.4 is 15.4 Å².